The third-order valence-corrected chi connectivity index (χ3v) is 3.65. The molecule has 1 unspecified atom stereocenters. The lowest BCUT2D eigenvalue weighted by Gasteiger charge is -2.14. The van der Waals surface area contributed by atoms with Gasteiger partial charge in [0.1, 0.15) is 0 Å². The van der Waals surface area contributed by atoms with E-state index in [0.29, 0.717) is 16.5 Å². The van der Waals surface area contributed by atoms with Crippen molar-refractivity contribution in [2.75, 3.05) is 12.1 Å². The van der Waals surface area contributed by atoms with Crippen molar-refractivity contribution >= 4 is 28.6 Å². The van der Waals surface area contributed by atoms with Crippen LogP contribution in [0.4, 0.5) is 5.69 Å². The van der Waals surface area contributed by atoms with Gasteiger partial charge < -0.3 is 14.8 Å². The average molecular weight is 283 g/mol. The van der Waals surface area contributed by atoms with Gasteiger partial charge in [0, 0.05) is 17.5 Å². The Hall–Kier alpha value is -1.46. The van der Waals surface area contributed by atoms with Gasteiger partial charge >= 0.3 is 0 Å². The van der Waals surface area contributed by atoms with E-state index in [9.17, 15) is 0 Å². The third kappa shape index (κ3) is 2.11. The fourth-order valence-corrected chi connectivity index (χ4v) is 2.63. The first kappa shape index (κ1) is 11.6. The van der Waals surface area contributed by atoms with Gasteiger partial charge in [-0.1, -0.05) is 11.6 Å². The second kappa shape index (κ2) is 4.66. The number of anilines is 1. The van der Waals surface area contributed by atoms with Gasteiger partial charge in [-0.05, 0) is 6.92 Å². The molecule has 0 fully saturated rings. The molecule has 3 rings (SSSR count). The molecule has 6 heteroatoms. The highest BCUT2D eigenvalue weighted by Crippen LogP contribution is 2.40. The van der Waals surface area contributed by atoms with Gasteiger partial charge in [0.05, 0.1) is 28.0 Å². The molecular weight excluding hydrogens is 272 g/mol. The number of nitrogens with one attached hydrogen (secondary N) is 1. The van der Waals surface area contributed by atoms with Gasteiger partial charge in [-0.15, -0.1) is 11.3 Å². The molecule has 0 spiro atoms. The highest BCUT2D eigenvalue weighted by molar-refractivity contribution is 7.07. The highest BCUT2D eigenvalue weighted by atomic mass is 35.5. The Bertz CT molecular complexity index is 559. The molecule has 94 valence electrons. The summed E-state index contributed by atoms with van der Waals surface area (Å²) in [5.41, 5.74) is 3.63. The summed E-state index contributed by atoms with van der Waals surface area (Å²) >= 11 is 7.77. The zero-order valence-electron chi connectivity index (χ0n) is 9.64. The van der Waals surface area contributed by atoms with Crippen LogP contribution in [0.5, 0.6) is 11.5 Å². The number of benzene rings is 1. The second-order valence-electron chi connectivity index (χ2n) is 3.96. The molecule has 1 atom stereocenters. The van der Waals surface area contributed by atoms with Crippen molar-refractivity contribution < 1.29 is 9.47 Å². The van der Waals surface area contributed by atoms with E-state index in [1.807, 2.05) is 23.9 Å². The van der Waals surface area contributed by atoms with Gasteiger partial charge in [0.2, 0.25) is 6.79 Å². The summed E-state index contributed by atoms with van der Waals surface area (Å²) in [5.74, 6) is 1.40. The molecule has 1 aromatic carbocycles. The lowest BCUT2D eigenvalue weighted by atomic mass is 10.2. The van der Waals surface area contributed by atoms with E-state index in [4.69, 9.17) is 21.1 Å². The number of aromatic nitrogens is 1. The highest BCUT2D eigenvalue weighted by Gasteiger charge is 2.18. The monoisotopic (exact) mass is 282 g/mol. The summed E-state index contributed by atoms with van der Waals surface area (Å²) in [5, 5.41) is 5.94. The zero-order valence-corrected chi connectivity index (χ0v) is 11.2. The maximum Gasteiger partial charge on any atom is 0.231 e. The van der Waals surface area contributed by atoms with Crippen LogP contribution < -0.4 is 14.8 Å². The average Bonchev–Trinajstić information content (AvgIpc) is 2.98. The van der Waals surface area contributed by atoms with E-state index in [-0.39, 0.29) is 12.8 Å². The smallest absolute Gasteiger partial charge is 0.231 e. The van der Waals surface area contributed by atoms with Gasteiger partial charge in [0.15, 0.2) is 11.5 Å². The molecule has 0 amide bonds. The number of rotatable bonds is 3. The number of halogens is 1. The van der Waals surface area contributed by atoms with Gasteiger partial charge in [-0.25, -0.2) is 4.98 Å². The molecule has 1 aliphatic rings. The molecule has 18 heavy (non-hydrogen) atoms. The van der Waals surface area contributed by atoms with Crippen LogP contribution in [0.25, 0.3) is 0 Å². The fourth-order valence-electron chi connectivity index (χ4n) is 1.77. The van der Waals surface area contributed by atoms with Gasteiger partial charge in [0.25, 0.3) is 0 Å². The van der Waals surface area contributed by atoms with Crippen LogP contribution in [-0.4, -0.2) is 11.8 Å². The summed E-state index contributed by atoms with van der Waals surface area (Å²) in [6.45, 7) is 2.28. The summed E-state index contributed by atoms with van der Waals surface area (Å²) in [6.07, 6.45) is 0. The molecule has 1 N–H and O–H groups in total. The minimum absolute atomic E-state index is 0.0918. The SMILES string of the molecule is CC(Nc1cc2c(cc1Cl)OCO2)c1cscn1. The standard InChI is InChI=1S/C12H11ClN2O2S/c1-7(10-4-18-5-14-10)15-9-3-12-11(2-8(9)13)16-6-17-12/h2-5,7,15H,6H2,1H3. The molecule has 2 heterocycles. The van der Waals surface area contributed by atoms with Crippen LogP contribution in [-0.2, 0) is 0 Å². The number of thiazole rings is 1. The molecular formula is C12H11ClN2O2S. The maximum absolute atomic E-state index is 6.20. The Morgan fingerprint density at radius 3 is 2.89 bits per heavy atom. The Labute approximate surface area is 114 Å². The minimum atomic E-state index is 0.0918. The van der Waals surface area contributed by atoms with Gasteiger partial charge in [-0.3, -0.25) is 0 Å². The summed E-state index contributed by atoms with van der Waals surface area (Å²) in [6, 6.07) is 3.71. The molecule has 0 radical (unpaired) electrons. The van der Waals surface area contributed by atoms with Crippen LogP contribution in [0.15, 0.2) is 23.0 Å². The lowest BCUT2D eigenvalue weighted by Crippen LogP contribution is -2.07. The van der Waals surface area contributed by atoms with Crippen LogP contribution in [0.1, 0.15) is 18.7 Å². The van der Waals surface area contributed by atoms with Crippen molar-refractivity contribution in [3.63, 3.8) is 0 Å². The number of hydrogen-bond donors (Lipinski definition) is 1. The van der Waals surface area contributed by atoms with Crippen molar-refractivity contribution in [1.29, 1.82) is 0 Å². The molecule has 4 nitrogen and oxygen atoms in total. The summed E-state index contributed by atoms with van der Waals surface area (Å²) < 4.78 is 10.6. The summed E-state index contributed by atoms with van der Waals surface area (Å²) in [4.78, 5) is 4.27. The molecule has 2 aromatic rings. The first-order chi connectivity index (χ1) is 8.74. The number of ether oxygens (including phenoxy) is 2. The molecule has 0 aliphatic carbocycles. The van der Waals surface area contributed by atoms with Crippen LogP contribution in [0.2, 0.25) is 5.02 Å². The zero-order chi connectivity index (χ0) is 12.5. The molecule has 0 saturated heterocycles. The lowest BCUT2D eigenvalue weighted by molar-refractivity contribution is 0.174. The van der Waals surface area contributed by atoms with E-state index in [2.05, 4.69) is 10.3 Å². The van der Waals surface area contributed by atoms with Crippen molar-refractivity contribution in [2.24, 2.45) is 0 Å². The largest absolute Gasteiger partial charge is 0.454 e. The molecule has 0 bridgehead atoms. The maximum atomic E-state index is 6.20. The van der Waals surface area contributed by atoms with Crippen LogP contribution in [0.3, 0.4) is 0 Å². The second-order valence-corrected chi connectivity index (χ2v) is 5.09. The first-order valence-corrected chi connectivity index (χ1v) is 6.80. The van der Waals surface area contributed by atoms with E-state index in [1.165, 1.54) is 0 Å². The number of fused-ring (bicyclic) bond motifs is 1. The van der Waals surface area contributed by atoms with Crippen molar-refractivity contribution in [3.8, 4) is 11.5 Å². The first-order valence-electron chi connectivity index (χ1n) is 5.48. The third-order valence-electron chi connectivity index (χ3n) is 2.73. The van der Waals surface area contributed by atoms with Crippen molar-refractivity contribution in [3.05, 3.63) is 33.7 Å². The van der Waals surface area contributed by atoms with Crippen molar-refractivity contribution in [1.82, 2.24) is 4.98 Å². The number of nitrogens with zero attached hydrogens (tertiary/aromatic N) is 1. The predicted octanol–water partition coefficient (Wildman–Crippen LogP) is 3.70. The predicted molar refractivity (Wildman–Crippen MR) is 71.7 cm³/mol. The Morgan fingerprint density at radius 1 is 1.39 bits per heavy atom. The Balaban J connectivity index is 1.85. The van der Waals surface area contributed by atoms with Gasteiger partial charge in [-0.2, -0.15) is 0 Å². The van der Waals surface area contributed by atoms with E-state index >= 15 is 0 Å². The van der Waals surface area contributed by atoms with E-state index in [1.54, 1.807) is 17.4 Å². The topological polar surface area (TPSA) is 43.4 Å². The van der Waals surface area contributed by atoms with Crippen LogP contribution >= 0.6 is 22.9 Å². The molecule has 1 aromatic heterocycles. The molecule has 1 aliphatic heterocycles. The summed E-state index contributed by atoms with van der Waals surface area (Å²) in [7, 11) is 0. The van der Waals surface area contributed by atoms with Crippen molar-refractivity contribution in [2.45, 2.75) is 13.0 Å². The van der Waals surface area contributed by atoms with E-state index < -0.39 is 0 Å². The van der Waals surface area contributed by atoms with Crippen LogP contribution in [0, 0.1) is 0 Å². The Kier molecular flexibility index (Phi) is 3.01. The number of hydrogen-bond acceptors (Lipinski definition) is 5. The minimum Gasteiger partial charge on any atom is -0.454 e. The normalized spacial score (nSPS) is 14.6. The fraction of sp³-hybridized carbons (Fsp3) is 0.250. The quantitative estimate of drug-likeness (QED) is 0.932. The Morgan fingerprint density at radius 2 is 2.17 bits per heavy atom. The molecule has 0 saturated carbocycles. The van der Waals surface area contributed by atoms with E-state index in [0.717, 1.165) is 11.4 Å².